The molecular formula is C8H10N4O3S. The number of carbonyl (C=O) groups is 2. The molecule has 0 aliphatic heterocycles. The predicted octanol–water partition coefficient (Wildman–Crippen LogP) is 0.689. The lowest BCUT2D eigenvalue weighted by molar-refractivity contribution is -0.139. The van der Waals surface area contributed by atoms with Gasteiger partial charge in [0.05, 0.1) is 6.20 Å². The summed E-state index contributed by atoms with van der Waals surface area (Å²) in [5.41, 5.74) is 0. The van der Waals surface area contributed by atoms with Crippen molar-refractivity contribution in [3.05, 3.63) is 18.9 Å². The van der Waals surface area contributed by atoms with Crippen LogP contribution in [0.25, 0.3) is 0 Å². The van der Waals surface area contributed by atoms with Crippen molar-refractivity contribution in [1.82, 2.24) is 14.9 Å². The molecule has 0 fully saturated rings. The van der Waals surface area contributed by atoms with Crippen molar-refractivity contribution >= 4 is 28.5 Å². The molecule has 8 heteroatoms. The first-order chi connectivity index (χ1) is 7.63. The second-order valence-electron chi connectivity index (χ2n) is 2.80. The van der Waals surface area contributed by atoms with Gasteiger partial charge in [-0.3, -0.25) is 5.32 Å². The smallest absolute Gasteiger partial charge is 0.326 e. The lowest BCUT2D eigenvalue weighted by Gasteiger charge is -2.12. The number of aliphatic carboxylic acids is 1. The number of anilines is 1. The Kier molecular flexibility index (Phi) is 4.40. The van der Waals surface area contributed by atoms with Gasteiger partial charge in [0.15, 0.2) is 0 Å². The standard InChI is InChI=1S/C8H10N4O3S/c1-2-3-5(7(13)14)10-8(15)11-6-4-9-12-16-6/h2,4-5H,1,3H2,(H,13,14)(H2,10,11,15). The predicted molar refractivity (Wildman–Crippen MR) is 58.3 cm³/mol. The van der Waals surface area contributed by atoms with E-state index in [1.54, 1.807) is 0 Å². The maximum atomic E-state index is 11.3. The molecule has 1 unspecified atom stereocenters. The molecule has 3 N–H and O–H groups in total. The minimum atomic E-state index is -1.11. The molecule has 0 aliphatic carbocycles. The number of aromatic nitrogens is 2. The van der Waals surface area contributed by atoms with Crippen molar-refractivity contribution in [3.8, 4) is 0 Å². The summed E-state index contributed by atoms with van der Waals surface area (Å²) < 4.78 is 3.54. The number of hydrogen-bond donors (Lipinski definition) is 3. The zero-order valence-corrected chi connectivity index (χ0v) is 9.03. The maximum Gasteiger partial charge on any atom is 0.326 e. The van der Waals surface area contributed by atoms with Crippen LogP contribution < -0.4 is 10.6 Å². The fraction of sp³-hybridized carbons (Fsp3) is 0.250. The molecule has 0 spiro atoms. The molecular weight excluding hydrogens is 232 g/mol. The summed E-state index contributed by atoms with van der Waals surface area (Å²) in [6, 6.07) is -1.60. The number of carboxylic acid groups (broad SMARTS) is 1. The number of hydrogen-bond acceptors (Lipinski definition) is 5. The Morgan fingerprint density at radius 1 is 1.69 bits per heavy atom. The first-order valence-electron chi connectivity index (χ1n) is 4.32. The van der Waals surface area contributed by atoms with Crippen molar-refractivity contribution in [1.29, 1.82) is 0 Å². The van der Waals surface area contributed by atoms with Crippen molar-refractivity contribution in [2.24, 2.45) is 0 Å². The normalized spacial score (nSPS) is 11.5. The number of nitrogens with one attached hydrogen (secondary N) is 2. The highest BCUT2D eigenvalue weighted by atomic mass is 32.1. The molecule has 1 aromatic heterocycles. The first-order valence-corrected chi connectivity index (χ1v) is 5.09. The SMILES string of the molecule is C=CCC(NC(=O)Nc1cnns1)C(=O)O. The molecule has 0 bridgehead atoms. The monoisotopic (exact) mass is 242 g/mol. The molecule has 1 aromatic rings. The van der Waals surface area contributed by atoms with E-state index in [4.69, 9.17) is 5.11 Å². The summed E-state index contributed by atoms with van der Waals surface area (Å²) >= 11 is 0.999. The van der Waals surface area contributed by atoms with Gasteiger partial charge in [-0.1, -0.05) is 10.6 Å². The largest absolute Gasteiger partial charge is 0.480 e. The van der Waals surface area contributed by atoms with Gasteiger partial charge in [-0.05, 0) is 6.42 Å². The highest BCUT2D eigenvalue weighted by molar-refractivity contribution is 7.10. The summed E-state index contributed by atoms with van der Waals surface area (Å²) in [6.07, 6.45) is 2.95. The third kappa shape index (κ3) is 3.65. The molecule has 0 aromatic carbocycles. The number of carbonyl (C=O) groups excluding carboxylic acids is 1. The van der Waals surface area contributed by atoms with Crippen LogP contribution in [0, 0.1) is 0 Å². The summed E-state index contributed by atoms with van der Waals surface area (Å²) in [5.74, 6) is -1.11. The summed E-state index contributed by atoms with van der Waals surface area (Å²) in [7, 11) is 0. The molecule has 1 rings (SSSR count). The van der Waals surface area contributed by atoms with Crippen LogP contribution in [0.4, 0.5) is 9.80 Å². The van der Waals surface area contributed by atoms with E-state index in [2.05, 4.69) is 26.8 Å². The van der Waals surface area contributed by atoms with E-state index < -0.39 is 18.0 Å². The molecule has 86 valence electrons. The summed E-state index contributed by atoms with van der Waals surface area (Å²) in [4.78, 5) is 22.0. The van der Waals surface area contributed by atoms with Gasteiger partial charge in [-0.2, -0.15) is 0 Å². The molecule has 16 heavy (non-hydrogen) atoms. The number of nitrogens with zero attached hydrogens (tertiary/aromatic N) is 2. The molecule has 0 saturated carbocycles. The summed E-state index contributed by atoms with van der Waals surface area (Å²) in [5, 5.41) is 17.4. The highest BCUT2D eigenvalue weighted by Gasteiger charge is 2.18. The van der Waals surface area contributed by atoms with Gasteiger partial charge in [-0.15, -0.1) is 11.7 Å². The van der Waals surface area contributed by atoms with E-state index in [-0.39, 0.29) is 6.42 Å². The number of urea groups is 1. The third-order valence-corrected chi connectivity index (χ3v) is 2.18. The fourth-order valence-electron chi connectivity index (χ4n) is 0.917. The second kappa shape index (κ2) is 5.81. The molecule has 1 atom stereocenters. The fourth-order valence-corrected chi connectivity index (χ4v) is 1.33. The Labute approximate surface area is 95.3 Å². The number of carboxylic acids is 1. The van der Waals surface area contributed by atoms with E-state index in [0.29, 0.717) is 5.00 Å². The Hall–Kier alpha value is -1.96. The first kappa shape index (κ1) is 12.1. The minimum Gasteiger partial charge on any atom is -0.480 e. The molecule has 2 amide bonds. The van der Waals surface area contributed by atoms with Gasteiger partial charge in [0.25, 0.3) is 0 Å². The van der Waals surface area contributed by atoms with Crippen molar-refractivity contribution < 1.29 is 14.7 Å². The van der Waals surface area contributed by atoms with Crippen LogP contribution in [0.3, 0.4) is 0 Å². The van der Waals surface area contributed by atoms with Gasteiger partial charge < -0.3 is 10.4 Å². The molecule has 7 nitrogen and oxygen atoms in total. The van der Waals surface area contributed by atoms with Crippen molar-refractivity contribution in [2.75, 3.05) is 5.32 Å². The van der Waals surface area contributed by atoms with E-state index >= 15 is 0 Å². The van der Waals surface area contributed by atoms with Gasteiger partial charge in [0.1, 0.15) is 11.0 Å². The van der Waals surface area contributed by atoms with E-state index in [0.717, 1.165) is 11.5 Å². The topological polar surface area (TPSA) is 104 Å². The average Bonchev–Trinajstić information content (AvgIpc) is 2.69. The zero-order chi connectivity index (χ0) is 12.0. The Bertz CT molecular complexity index is 379. The van der Waals surface area contributed by atoms with Gasteiger partial charge >= 0.3 is 12.0 Å². The van der Waals surface area contributed by atoms with Gasteiger partial charge in [0, 0.05) is 11.5 Å². The van der Waals surface area contributed by atoms with Crippen LogP contribution >= 0.6 is 11.5 Å². The van der Waals surface area contributed by atoms with E-state index in [9.17, 15) is 9.59 Å². The van der Waals surface area contributed by atoms with Crippen LogP contribution in [0.5, 0.6) is 0 Å². The van der Waals surface area contributed by atoms with E-state index in [1.807, 2.05) is 0 Å². The van der Waals surface area contributed by atoms with Crippen LogP contribution in [0.1, 0.15) is 6.42 Å². The second-order valence-corrected chi connectivity index (χ2v) is 3.58. The average molecular weight is 242 g/mol. The van der Waals surface area contributed by atoms with E-state index in [1.165, 1.54) is 12.3 Å². The molecule has 0 radical (unpaired) electrons. The zero-order valence-electron chi connectivity index (χ0n) is 8.21. The van der Waals surface area contributed by atoms with Crippen LogP contribution in [-0.2, 0) is 4.79 Å². The Balaban J connectivity index is 2.48. The van der Waals surface area contributed by atoms with Gasteiger partial charge in [0.2, 0.25) is 0 Å². The maximum absolute atomic E-state index is 11.3. The Morgan fingerprint density at radius 3 is 2.94 bits per heavy atom. The molecule has 1 heterocycles. The molecule has 0 aliphatic rings. The van der Waals surface area contributed by atoms with Crippen molar-refractivity contribution in [3.63, 3.8) is 0 Å². The highest BCUT2D eigenvalue weighted by Crippen LogP contribution is 2.08. The van der Waals surface area contributed by atoms with Crippen molar-refractivity contribution in [2.45, 2.75) is 12.5 Å². The van der Waals surface area contributed by atoms with Crippen LogP contribution in [0.2, 0.25) is 0 Å². The molecule has 0 saturated heterocycles. The Morgan fingerprint density at radius 2 is 2.44 bits per heavy atom. The third-order valence-electron chi connectivity index (χ3n) is 1.60. The summed E-state index contributed by atoms with van der Waals surface area (Å²) in [6.45, 7) is 3.41. The quantitative estimate of drug-likeness (QED) is 0.659. The lowest BCUT2D eigenvalue weighted by atomic mass is 10.2. The van der Waals surface area contributed by atoms with Crippen LogP contribution in [0.15, 0.2) is 18.9 Å². The minimum absolute atomic E-state index is 0.156. The lowest BCUT2D eigenvalue weighted by Crippen LogP contribution is -2.42. The number of rotatable bonds is 5. The van der Waals surface area contributed by atoms with Crippen LogP contribution in [-0.4, -0.2) is 32.7 Å². The number of amides is 2. The van der Waals surface area contributed by atoms with Gasteiger partial charge in [-0.25, -0.2) is 9.59 Å².